The molecule has 4 nitrogen and oxygen atoms in total. The van der Waals surface area contributed by atoms with Crippen LogP contribution in [0.25, 0.3) is 55.8 Å². The van der Waals surface area contributed by atoms with Crippen molar-refractivity contribution < 1.29 is 24.5 Å². The molecule has 0 bridgehead atoms. The molecule has 5 heteroatoms. The Balaban J connectivity index is 0.000000260. The number of fused-ring (bicyclic) bond motifs is 3. The minimum absolute atomic E-state index is 0. The van der Waals surface area contributed by atoms with Crippen LogP contribution in [-0.4, -0.2) is 15.0 Å². The van der Waals surface area contributed by atoms with Gasteiger partial charge in [0.05, 0.1) is 11.3 Å². The molecule has 4 aromatic heterocycles. The van der Waals surface area contributed by atoms with Gasteiger partial charge in [-0.2, -0.15) is 0 Å². The zero-order valence-electron chi connectivity index (χ0n) is 28.0. The number of furan rings is 1. The molecule has 0 fully saturated rings. The van der Waals surface area contributed by atoms with E-state index < -0.39 is 0 Å². The minimum Gasteiger partial charge on any atom is -0.486 e. The summed E-state index contributed by atoms with van der Waals surface area (Å²) in [6.45, 7) is 15.1. The third-order valence-electron chi connectivity index (χ3n) is 8.18. The van der Waals surface area contributed by atoms with Gasteiger partial charge in [-0.25, -0.2) is 4.98 Å². The Morgan fingerprint density at radius 3 is 2.02 bits per heavy atom. The molecule has 0 aliphatic rings. The standard InChI is InChI=1S/C30H29N2O.C12H10N.Ir/c1-17(2)21-9-7-10-22(18(3)4)28(21)26-14-13-24-23-11-8-12-25(29(23)33-30(24)32-26)27-16-19(5)15-20(6)31-27;1-10-7-8-12(13-9-10)11-5-3-2-4-6-11;/h7-11,13-18H,1-6H3;2-5,7-9H,1H3;/q2*-1;. The van der Waals surface area contributed by atoms with Gasteiger partial charge in [-0.1, -0.05) is 80.6 Å². The Bertz CT molecular complexity index is 2080. The molecule has 0 unspecified atom stereocenters. The zero-order valence-corrected chi connectivity index (χ0v) is 30.4. The number of aromatic nitrogens is 3. The van der Waals surface area contributed by atoms with Crippen molar-refractivity contribution in [2.24, 2.45) is 0 Å². The summed E-state index contributed by atoms with van der Waals surface area (Å²) in [7, 11) is 0. The summed E-state index contributed by atoms with van der Waals surface area (Å²) in [4.78, 5) is 14.1. The van der Waals surface area contributed by atoms with E-state index in [2.05, 4.69) is 106 Å². The van der Waals surface area contributed by atoms with Crippen LogP contribution in [0.2, 0.25) is 0 Å². The number of rotatable bonds is 5. The summed E-state index contributed by atoms with van der Waals surface area (Å²) in [5, 5.41) is 2.06. The summed E-state index contributed by atoms with van der Waals surface area (Å²) in [5.41, 5.74) is 13.4. The van der Waals surface area contributed by atoms with Crippen LogP contribution in [-0.2, 0) is 20.1 Å². The van der Waals surface area contributed by atoms with Crippen LogP contribution < -0.4 is 0 Å². The van der Waals surface area contributed by atoms with Crippen LogP contribution >= 0.6 is 0 Å². The largest absolute Gasteiger partial charge is 0.486 e. The number of pyridine rings is 3. The van der Waals surface area contributed by atoms with E-state index in [4.69, 9.17) is 14.4 Å². The van der Waals surface area contributed by atoms with E-state index >= 15 is 0 Å². The first-order valence-electron chi connectivity index (χ1n) is 15.9. The van der Waals surface area contributed by atoms with Gasteiger partial charge in [0.2, 0.25) is 5.71 Å². The molecule has 0 amide bonds. The van der Waals surface area contributed by atoms with Crippen molar-refractivity contribution in [2.75, 3.05) is 0 Å². The molecule has 0 aliphatic heterocycles. The van der Waals surface area contributed by atoms with Crippen molar-refractivity contribution in [3.63, 3.8) is 0 Å². The second-order valence-corrected chi connectivity index (χ2v) is 12.5. The van der Waals surface area contributed by atoms with E-state index in [0.29, 0.717) is 17.5 Å². The van der Waals surface area contributed by atoms with Crippen molar-refractivity contribution in [3.05, 3.63) is 137 Å². The second kappa shape index (κ2) is 14.5. The van der Waals surface area contributed by atoms with Gasteiger partial charge in [-0.15, -0.1) is 54.1 Å². The number of nitrogens with zero attached hydrogens (tertiary/aromatic N) is 3. The van der Waals surface area contributed by atoms with Crippen molar-refractivity contribution >= 4 is 22.1 Å². The van der Waals surface area contributed by atoms with Gasteiger partial charge in [0, 0.05) is 42.9 Å². The first-order valence-corrected chi connectivity index (χ1v) is 15.9. The average molecular weight is 794 g/mol. The fraction of sp³-hybridized carbons (Fsp3) is 0.214. The third-order valence-corrected chi connectivity index (χ3v) is 8.18. The Kier molecular flexibility index (Phi) is 10.5. The molecule has 0 N–H and O–H groups in total. The van der Waals surface area contributed by atoms with Crippen LogP contribution in [0.1, 0.15) is 67.5 Å². The number of aryl methyl sites for hydroxylation is 3. The molecule has 0 aliphatic carbocycles. The molecule has 3 aromatic carbocycles. The first kappa shape index (κ1) is 33.9. The van der Waals surface area contributed by atoms with Crippen molar-refractivity contribution in [1.29, 1.82) is 0 Å². The Labute approximate surface area is 291 Å². The van der Waals surface area contributed by atoms with E-state index in [1.54, 1.807) is 0 Å². The van der Waals surface area contributed by atoms with Gasteiger partial charge < -0.3 is 14.4 Å². The van der Waals surface area contributed by atoms with E-state index in [-0.39, 0.29) is 20.1 Å². The molecular weight excluding hydrogens is 755 g/mol. The summed E-state index contributed by atoms with van der Waals surface area (Å²) >= 11 is 0. The molecule has 7 aromatic rings. The molecule has 4 heterocycles. The van der Waals surface area contributed by atoms with E-state index in [1.165, 1.54) is 27.8 Å². The van der Waals surface area contributed by atoms with Crippen LogP contribution in [0, 0.1) is 32.9 Å². The van der Waals surface area contributed by atoms with Crippen LogP contribution in [0.4, 0.5) is 0 Å². The number of hydrogen-bond acceptors (Lipinski definition) is 4. The summed E-state index contributed by atoms with van der Waals surface area (Å²) in [5.74, 6) is 0.812. The summed E-state index contributed by atoms with van der Waals surface area (Å²) in [6.07, 6.45) is 1.87. The van der Waals surface area contributed by atoms with Crippen molar-refractivity contribution in [2.45, 2.75) is 60.3 Å². The maximum atomic E-state index is 6.40. The fourth-order valence-electron chi connectivity index (χ4n) is 5.95. The van der Waals surface area contributed by atoms with Gasteiger partial charge in [0.1, 0.15) is 0 Å². The number of hydrogen-bond donors (Lipinski definition) is 0. The van der Waals surface area contributed by atoms with E-state index in [9.17, 15) is 0 Å². The smallest absolute Gasteiger partial charge is 0.216 e. The van der Waals surface area contributed by atoms with Gasteiger partial charge in [0.15, 0.2) is 0 Å². The molecule has 0 atom stereocenters. The number of benzene rings is 3. The van der Waals surface area contributed by atoms with Crippen molar-refractivity contribution in [1.82, 2.24) is 15.0 Å². The van der Waals surface area contributed by atoms with Gasteiger partial charge in [0.25, 0.3) is 0 Å². The third kappa shape index (κ3) is 7.27. The van der Waals surface area contributed by atoms with Crippen molar-refractivity contribution in [3.8, 4) is 33.8 Å². The monoisotopic (exact) mass is 794 g/mol. The second-order valence-electron chi connectivity index (χ2n) is 12.5. The van der Waals surface area contributed by atoms with Gasteiger partial charge in [-0.05, 0) is 78.9 Å². The van der Waals surface area contributed by atoms with Crippen LogP contribution in [0.5, 0.6) is 0 Å². The Morgan fingerprint density at radius 1 is 0.638 bits per heavy atom. The van der Waals surface area contributed by atoms with Crippen LogP contribution in [0.15, 0.2) is 102 Å². The topological polar surface area (TPSA) is 51.8 Å². The molecule has 1 radical (unpaired) electrons. The molecule has 0 saturated heterocycles. The fourth-order valence-corrected chi connectivity index (χ4v) is 5.95. The normalized spacial score (nSPS) is 11.1. The Morgan fingerprint density at radius 2 is 1.38 bits per heavy atom. The Hall–Kier alpha value is -4.44. The summed E-state index contributed by atoms with van der Waals surface area (Å²) < 4.78 is 6.40. The molecule has 7 rings (SSSR count). The average Bonchev–Trinajstić information content (AvgIpc) is 3.43. The van der Waals surface area contributed by atoms with E-state index in [1.807, 2.05) is 56.4 Å². The molecule has 239 valence electrons. The molecule has 0 saturated carbocycles. The van der Waals surface area contributed by atoms with Crippen LogP contribution in [0.3, 0.4) is 0 Å². The maximum absolute atomic E-state index is 6.40. The molecular formula is C42H39IrN3O-2. The molecule has 47 heavy (non-hydrogen) atoms. The predicted octanol–water partition coefficient (Wildman–Crippen LogP) is 11.2. The summed E-state index contributed by atoms with van der Waals surface area (Å²) in [6, 6.07) is 37.5. The van der Waals surface area contributed by atoms with Gasteiger partial charge in [-0.3, -0.25) is 0 Å². The maximum Gasteiger partial charge on any atom is 0.216 e. The SMILES string of the molecule is Cc1cc(C)nc(-c2[c-]ccc3c2oc2nc(-c4c(C(C)C)cccc4C(C)C)ccc23)c1.Cc1ccc(-c2[c-]cccc2)nc1.[Ir]. The van der Waals surface area contributed by atoms with E-state index in [0.717, 1.165) is 50.3 Å². The predicted molar refractivity (Wildman–Crippen MR) is 190 cm³/mol. The molecule has 0 spiro atoms. The zero-order chi connectivity index (χ0) is 32.4. The minimum atomic E-state index is 0. The first-order chi connectivity index (χ1) is 22.2. The quantitative estimate of drug-likeness (QED) is 0.163. The van der Waals surface area contributed by atoms with Gasteiger partial charge >= 0.3 is 0 Å².